The highest BCUT2D eigenvalue weighted by atomic mass is 16.6. The topological polar surface area (TPSA) is 68.2 Å². The third-order valence-corrected chi connectivity index (χ3v) is 6.74. The van der Waals surface area contributed by atoms with Gasteiger partial charge in [0.25, 0.3) is 6.47 Å². The second kappa shape index (κ2) is 4.77. The Kier molecular flexibility index (Phi) is 2.90. The molecular weight excluding hydrogens is 322 g/mol. The van der Waals surface area contributed by atoms with Crippen molar-refractivity contribution in [2.75, 3.05) is 20.7 Å². The molecule has 2 heterocycles. The van der Waals surface area contributed by atoms with Crippen LogP contribution in [-0.4, -0.2) is 54.9 Å². The van der Waals surface area contributed by atoms with Gasteiger partial charge in [0.05, 0.1) is 18.1 Å². The fourth-order valence-electron chi connectivity index (χ4n) is 5.66. The van der Waals surface area contributed by atoms with E-state index in [0.717, 1.165) is 24.9 Å². The summed E-state index contributed by atoms with van der Waals surface area (Å²) in [5.41, 5.74) is 0.676. The lowest BCUT2D eigenvalue weighted by molar-refractivity contribution is -0.166. The number of carbonyl (C=O) groups excluding carboxylic acids is 1. The highest BCUT2D eigenvalue weighted by Crippen LogP contribution is 2.65. The van der Waals surface area contributed by atoms with Gasteiger partial charge in [-0.3, -0.25) is 4.79 Å². The number of aliphatic hydroxyl groups is 1. The molecule has 2 aliphatic heterocycles. The van der Waals surface area contributed by atoms with Crippen molar-refractivity contribution in [1.29, 1.82) is 0 Å². The summed E-state index contributed by atoms with van der Waals surface area (Å²) in [5, 5.41) is 11.9. The van der Waals surface area contributed by atoms with Gasteiger partial charge in [-0.15, -0.1) is 0 Å². The van der Waals surface area contributed by atoms with Crippen LogP contribution in [0.2, 0.25) is 0 Å². The van der Waals surface area contributed by atoms with Gasteiger partial charge < -0.3 is 24.2 Å². The Bertz CT molecular complexity index is 805. The number of hydrogen-bond donors (Lipinski definition) is 1. The van der Waals surface area contributed by atoms with Crippen molar-refractivity contribution >= 4 is 6.47 Å². The number of carbonyl (C=O) groups is 1. The third-order valence-electron chi connectivity index (χ3n) is 6.74. The lowest BCUT2D eigenvalue weighted by atomic mass is 9.50. The maximum Gasteiger partial charge on any atom is 0.298 e. The van der Waals surface area contributed by atoms with E-state index in [2.05, 4.69) is 18.0 Å². The molecule has 1 fully saturated rings. The predicted octanol–water partition coefficient (Wildman–Crippen LogP) is 1.15. The predicted molar refractivity (Wildman–Crippen MR) is 88.6 cm³/mol. The summed E-state index contributed by atoms with van der Waals surface area (Å²) in [5.74, 6) is 1.84. The zero-order valence-electron chi connectivity index (χ0n) is 14.3. The van der Waals surface area contributed by atoms with Crippen LogP contribution in [0.25, 0.3) is 0 Å². The number of nitrogens with zero attached hydrogens (tertiary/aromatic N) is 1. The number of benzene rings is 1. The minimum Gasteiger partial charge on any atom is -0.493 e. The zero-order chi connectivity index (χ0) is 17.4. The van der Waals surface area contributed by atoms with E-state index in [0.29, 0.717) is 30.2 Å². The Morgan fingerprint density at radius 1 is 1.44 bits per heavy atom. The molecule has 0 amide bonds. The molecule has 1 saturated heterocycles. The summed E-state index contributed by atoms with van der Waals surface area (Å²) in [6.07, 6.45) is 3.27. The molecule has 1 spiro atoms. The van der Waals surface area contributed by atoms with Gasteiger partial charge in [-0.25, -0.2) is 0 Å². The van der Waals surface area contributed by atoms with Gasteiger partial charge in [0.2, 0.25) is 0 Å². The molecule has 132 valence electrons. The van der Waals surface area contributed by atoms with E-state index < -0.39 is 17.1 Å². The number of ether oxygens (including phenoxy) is 3. The highest BCUT2D eigenvalue weighted by molar-refractivity contribution is 5.64. The molecule has 6 nitrogen and oxygen atoms in total. The molecule has 1 N–H and O–H groups in total. The summed E-state index contributed by atoms with van der Waals surface area (Å²) in [7, 11) is 3.68. The first-order valence-electron chi connectivity index (χ1n) is 8.67. The first-order chi connectivity index (χ1) is 12.1. The van der Waals surface area contributed by atoms with E-state index in [1.54, 1.807) is 7.11 Å². The lowest BCUT2D eigenvalue weighted by Crippen LogP contribution is -2.74. The van der Waals surface area contributed by atoms with Crippen molar-refractivity contribution in [3.8, 4) is 11.5 Å². The van der Waals surface area contributed by atoms with E-state index in [1.165, 1.54) is 5.56 Å². The standard InChI is InChI=1S/C19H21NO5/c1-20-8-7-18-15-11-3-4-12(23-2)16(15)25-17(18)13(24-10-21)5-6-19(18,22)14(20)9-11/h3-5,10,14,17,22H,6-9H2,1-2H3/t14-,17+,18+,19-/m1/s1. The fraction of sp³-hybridized carbons (Fsp3) is 0.526. The Morgan fingerprint density at radius 2 is 2.28 bits per heavy atom. The molecule has 5 rings (SSSR count). The van der Waals surface area contributed by atoms with Crippen LogP contribution < -0.4 is 9.47 Å². The summed E-state index contributed by atoms with van der Waals surface area (Å²) in [6, 6.07) is 4.01. The maximum absolute atomic E-state index is 11.9. The molecule has 0 unspecified atom stereocenters. The summed E-state index contributed by atoms with van der Waals surface area (Å²) in [6.45, 7) is 1.30. The maximum atomic E-state index is 11.9. The van der Waals surface area contributed by atoms with Gasteiger partial charge in [0.1, 0.15) is 5.76 Å². The largest absolute Gasteiger partial charge is 0.493 e. The van der Waals surface area contributed by atoms with Crippen LogP contribution in [0.3, 0.4) is 0 Å². The van der Waals surface area contributed by atoms with Crippen molar-refractivity contribution in [3.05, 3.63) is 35.1 Å². The second-order valence-corrected chi connectivity index (χ2v) is 7.50. The van der Waals surface area contributed by atoms with Crippen LogP contribution in [0.1, 0.15) is 24.0 Å². The minimum atomic E-state index is -0.953. The van der Waals surface area contributed by atoms with Crippen molar-refractivity contribution in [1.82, 2.24) is 4.90 Å². The molecule has 6 heteroatoms. The van der Waals surface area contributed by atoms with Crippen LogP contribution >= 0.6 is 0 Å². The second-order valence-electron chi connectivity index (χ2n) is 7.50. The molecule has 0 saturated carbocycles. The highest BCUT2D eigenvalue weighted by Gasteiger charge is 2.71. The quantitative estimate of drug-likeness (QED) is 0.831. The van der Waals surface area contributed by atoms with Crippen LogP contribution in [-0.2, 0) is 21.4 Å². The summed E-state index contributed by atoms with van der Waals surface area (Å²) < 4.78 is 17.1. The minimum absolute atomic E-state index is 0.00762. The van der Waals surface area contributed by atoms with E-state index in [1.807, 2.05) is 12.1 Å². The number of methoxy groups -OCH3 is 1. The van der Waals surface area contributed by atoms with Crippen LogP contribution in [0, 0.1) is 0 Å². The molecular formula is C19H21NO5. The smallest absolute Gasteiger partial charge is 0.298 e. The first kappa shape index (κ1) is 15.2. The molecule has 0 aromatic heterocycles. The number of likely N-dealkylation sites (N-methyl/N-ethyl adjacent to an activating group) is 1. The molecule has 2 aliphatic carbocycles. The average Bonchev–Trinajstić information content (AvgIpc) is 2.96. The van der Waals surface area contributed by atoms with E-state index >= 15 is 0 Å². The van der Waals surface area contributed by atoms with Gasteiger partial charge in [-0.2, -0.15) is 0 Å². The Balaban J connectivity index is 1.82. The van der Waals surface area contributed by atoms with Crippen molar-refractivity contribution in [2.24, 2.45) is 0 Å². The van der Waals surface area contributed by atoms with E-state index in [-0.39, 0.29) is 6.04 Å². The molecule has 4 aliphatic rings. The molecule has 4 atom stereocenters. The van der Waals surface area contributed by atoms with Crippen molar-refractivity contribution in [2.45, 2.75) is 42.4 Å². The Labute approximate surface area is 146 Å². The van der Waals surface area contributed by atoms with Crippen molar-refractivity contribution < 1.29 is 24.1 Å². The molecule has 1 aromatic carbocycles. The van der Waals surface area contributed by atoms with Gasteiger partial charge >= 0.3 is 0 Å². The number of rotatable bonds is 3. The summed E-state index contributed by atoms with van der Waals surface area (Å²) in [4.78, 5) is 13.3. The average molecular weight is 343 g/mol. The monoisotopic (exact) mass is 343 g/mol. The van der Waals surface area contributed by atoms with Crippen LogP contribution in [0.15, 0.2) is 24.0 Å². The van der Waals surface area contributed by atoms with Gasteiger partial charge in [-0.05, 0) is 44.1 Å². The normalized spacial score (nSPS) is 37.6. The number of hydrogen-bond acceptors (Lipinski definition) is 6. The van der Waals surface area contributed by atoms with Gasteiger partial charge in [0, 0.05) is 18.0 Å². The van der Waals surface area contributed by atoms with E-state index in [9.17, 15) is 9.90 Å². The fourth-order valence-corrected chi connectivity index (χ4v) is 5.66. The molecule has 1 aromatic rings. The zero-order valence-corrected chi connectivity index (χ0v) is 14.3. The van der Waals surface area contributed by atoms with Crippen LogP contribution in [0.4, 0.5) is 0 Å². The first-order valence-corrected chi connectivity index (χ1v) is 8.67. The molecule has 25 heavy (non-hydrogen) atoms. The Morgan fingerprint density at radius 3 is 3.04 bits per heavy atom. The lowest BCUT2D eigenvalue weighted by Gasteiger charge is -2.61. The van der Waals surface area contributed by atoms with E-state index in [4.69, 9.17) is 14.2 Å². The number of likely N-dealkylation sites (tertiary alicyclic amines) is 1. The molecule has 2 bridgehead atoms. The van der Waals surface area contributed by atoms with Crippen molar-refractivity contribution in [3.63, 3.8) is 0 Å². The van der Waals surface area contributed by atoms with Gasteiger partial charge in [-0.1, -0.05) is 6.07 Å². The SMILES string of the molecule is COc1ccc2c3c1O[C@H]1C(OC=O)=CC[C@@]4(O)[C@@H](C2)N(C)CC[C@]314. The summed E-state index contributed by atoms with van der Waals surface area (Å²) >= 11 is 0. The Hall–Kier alpha value is -2.05. The number of piperidine rings is 1. The molecule has 0 radical (unpaired) electrons. The third kappa shape index (κ3) is 1.56. The van der Waals surface area contributed by atoms with Crippen LogP contribution in [0.5, 0.6) is 11.5 Å². The van der Waals surface area contributed by atoms with Gasteiger partial charge in [0.15, 0.2) is 17.6 Å².